The Bertz CT molecular complexity index is 593. The van der Waals surface area contributed by atoms with Crippen LogP contribution in [0.2, 0.25) is 0 Å². The van der Waals surface area contributed by atoms with Gasteiger partial charge in [-0.2, -0.15) is 0 Å². The lowest BCUT2D eigenvalue weighted by Crippen LogP contribution is -2.49. The summed E-state index contributed by atoms with van der Waals surface area (Å²) in [4.78, 5) is 26.0. The van der Waals surface area contributed by atoms with E-state index in [1.165, 1.54) is 20.3 Å². The van der Waals surface area contributed by atoms with Gasteiger partial charge in [0.25, 0.3) is 5.91 Å². The molecule has 1 fully saturated rings. The molecule has 132 valence electrons. The van der Waals surface area contributed by atoms with Gasteiger partial charge in [0.1, 0.15) is 0 Å². The maximum atomic E-state index is 12.2. The van der Waals surface area contributed by atoms with Gasteiger partial charge in [-0.25, -0.2) is 4.79 Å². The van der Waals surface area contributed by atoms with Crippen LogP contribution in [0.3, 0.4) is 0 Å². The first-order valence-corrected chi connectivity index (χ1v) is 7.77. The van der Waals surface area contributed by atoms with Gasteiger partial charge in [0, 0.05) is 13.1 Å². The molecule has 0 N–H and O–H groups in total. The molecule has 1 aromatic carbocycles. The van der Waals surface area contributed by atoms with Crippen molar-refractivity contribution in [1.29, 1.82) is 0 Å². The zero-order chi connectivity index (χ0) is 17.7. The highest BCUT2D eigenvalue weighted by Crippen LogP contribution is 2.27. The highest BCUT2D eigenvalue weighted by molar-refractivity contribution is 5.92. The Morgan fingerprint density at radius 1 is 1.12 bits per heavy atom. The molecule has 2 unspecified atom stereocenters. The number of ether oxygens (including phenoxy) is 4. The lowest BCUT2D eigenvalue weighted by atomic mass is 10.2. The van der Waals surface area contributed by atoms with Gasteiger partial charge in [-0.05, 0) is 32.0 Å². The van der Waals surface area contributed by atoms with E-state index in [2.05, 4.69) is 0 Å². The quantitative estimate of drug-likeness (QED) is 0.758. The normalized spacial score (nSPS) is 20.4. The van der Waals surface area contributed by atoms with E-state index in [-0.39, 0.29) is 24.7 Å². The van der Waals surface area contributed by atoms with Gasteiger partial charge >= 0.3 is 5.97 Å². The summed E-state index contributed by atoms with van der Waals surface area (Å²) in [7, 11) is 3.00. The Kier molecular flexibility index (Phi) is 6.03. The van der Waals surface area contributed by atoms with E-state index in [1.807, 2.05) is 13.8 Å². The van der Waals surface area contributed by atoms with Crippen LogP contribution in [-0.4, -0.2) is 62.9 Å². The standard InChI is InChI=1S/C17H23NO6/c1-11-8-18(9-12(2)24-11)16(19)10-23-17(20)13-5-6-14(21-3)15(7-13)22-4/h5-7,11-12H,8-10H2,1-4H3. The summed E-state index contributed by atoms with van der Waals surface area (Å²) in [5.41, 5.74) is 0.296. The number of amides is 1. The molecule has 2 atom stereocenters. The molecular weight excluding hydrogens is 314 g/mol. The second-order valence-electron chi connectivity index (χ2n) is 5.70. The number of esters is 1. The zero-order valence-electron chi connectivity index (χ0n) is 14.4. The molecule has 1 heterocycles. The lowest BCUT2D eigenvalue weighted by Gasteiger charge is -2.35. The van der Waals surface area contributed by atoms with Gasteiger partial charge in [0.15, 0.2) is 18.1 Å². The van der Waals surface area contributed by atoms with Gasteiger partial charge in [0.05, 0.1) is 32.0 Å². The van der Waals surface area contributed by atoms with Crippen molar-refractivity contribution in [1.82, 2.24) is 4.90 Å². The molecule has 0 saturated carbocycles. The van der Waals surface area contributed by atoms with Crippen LogP contribution < -0.4 is 9.47 Å². The molecule has 1 aromatic rings. The summed E-state index contributed by atoms with van der Waals surface area (Å²) < 4.78 is 21.0. The lowest BCUT2D eigenvalue weighted by molar-refractivity contribution is -0.146. The molecule has 7 heteroatoms. The van der Waals surface area contributed by atoms with E-state index in [4.69, 9.17) is 18.9 Å². The number of carbonyl (C=O) groups is 2. The molecule has 7 nitrogen and oxygen atoms in total. The van der Waals surface area contributed by atoms with Crippen LogP contribution in [0, 0.1) is 0 Å². The largest absolute Gasteiger partial charge is 0.493 e. The van der Waals surface area contributed by atoms with Crippen LogP contribution in [0.4, 0.5) is 0 Å². The van der Waals surface area contributed by atoms with Gasteiger partial charge in [-0.1, -0.05) is 0 Å². The molecule has 0 bridgehead atoms. The van der Waals surface area contributed by atoms with E-state index in [0.717, 1.165) is 0 Å². The molecule has 0 aliphatic carbocycles. The zero-order valence-corrected chi connectivity index (χ0v) is 14.4. The van der Waals surface area contributed by atoms with Gasteiger partial charge in [-0.15, -0.1) is 0 Å². The molecule has 1 saturated heterocycles. The first-order chi connectivity index (χ1) is 11.4. The molecule has 24 heavy (non-hydrogen) atoms. The second-order valence-corrected chi connectivity index (χ2v) is 5.70. The van der Waals surface area contributed by atoms with Crippen molar-refractivity contribution in [3.8, 4) is 11.5 Å². The van der Waals surface area contributed by atoms with Crippen molar-refractivity contribution < 1.29 is 28.5 Å². The number of hydrogen-bond donors (Lipinski definition) is 0. The molecule has 1 amide bonds. The number of hydrogen-bond acceptors (Lipinski definition) is 6. The SMILES string of the molecule is COc1ccc(C(=O)OCC(=O)N2CC(C)OC(C)C2)cc1OC. The van der Waals surface area contributed by atoms with Crippen LogP contribution >= 0.6 is 0 Å². The highest BCUT2D eigenvalue weighted by Gasteiger charge is 2.26. The van der Waals surface area contributed by atoms with E-state index in [1.54, 1.807) is 17.0 Å². The number of rotatable bonds is 5. The molecule has 0 aromatic heterocycles. The van der Waals surface area contributed by atoms with E-state index >= 15 is 0 Å². The number of benzene rings is 1. The molecule has 0 radical (unpaired) electrons. The fourth-order valence-electron chi connectivity index (χ4n) is 2.65. The van der Waals surface area contributed by atoms with Gasteiger partial charge in [-0.3, -0.25) is 4.79 Å². The van der Waals surface area contributed by atoms with Crippen LogP contribution in [0.5, 0.6) is 11.5 Å². The smallest absolute Gasteiger partial charge is 0.338 e. The Hall–Kier alpha value is -2.28. The second kappa shape index (κ2) is 8.01. The number of nitrogens with zero attached hydrogens (tertiary/aromatic N) is 1. The summed E-state index contributed by atoms with van der Waals surface area (Å²) in [6.07, 6.45) is -0.0569. The first-order valence-electron chi connectivity index (χ1n) is 7.77. The Labute approximate surface area is 141 Å². The molecule has 2 rings (SSSR count). The van der Waals surface area contributed by atoms with Gasteiger partial charge < -0.3 is 23.8 Å². The summed E-state index contributed by atoms with van der Waals surface area (Å²) in [6, 6.07) is 4.69. The fraction of sp³-hybridized carbons (Fsp3) is 0.529. The number of carbonyl (C=O) groups excluding carboxylic acids is 2. The average Bonchev–Trinajstić information content (AvgIpc) is 2.57. The van der Waals surface area contributed by atoms with Crippen LogP contribution in [0.25, 0.3) is 0 Å². The van der Waals surface area contributed by atoms with E-state index in [0.29, 0.717) is 30.2 Å². The minimum atomic E-state index is -0.585. The van der Waals surface area contributed by atoms with Gasteiger partial charge in [0.2, 0.25) is 0 Å². The topological polar surface area (TPSA) is 74.3 Å². The Balaban J connectivity index is 1.94. The summed E-state index contributed by atoms with van der Waals surface area (Å²) >= 11 is 0. The Morgan fingerprint density at radius 3 is 2.33 bits per heavy atom. The van der Waals surface area contributed by atoms with Crippen LogP contribution in [0.15, 0.2) is 18.2 Å². The van der Waals surface area contributed by atoms with Crippen LogP contribution in [0.1, 0.15) is 24.2 Å². The number of methoxy groups -OCH3 is 2. The van der Waals surface area contributed by atoms with E-state index in [9.17, 15) is 9.59 Å². The predicted molar refractivity (Wildman–Crippen MR) is 86.4 cm³/mol. The first kappa shape index (κ1) is 18.1. The predicted octanol–water partition coefficient (Wildman–Crippen LogP) is 1.50. The average molecular weight is 337 g/mol. The highest BCUT2D eigenvalue weighted by atomic mass is 16.5. The van der Waals surface area contributed by atoms with Crippen molar-refractivity contribution in [2.75, 3.05) is 33.9 Å². The van der Waals surface area contributed by atoms with Crippen LogP contribution in [-0.2, 0) is 14.3 Å². The summed E-state index contributed by atoms with van der Waals surface area (Å²) in [6.45, 7) is 4.51. The van der Waals surface area contributed by atoms with Crippen molar-refractivity contribution in [3.63, 3.8) is 0 Å². The Morgan fingerprint density at radius 2 is 1.75 bits per heavy atom. The molecule has 1 aliphatic rings. The maximum absolute atomic E-state index is 12.2. The third-order valence-electron chi connectivity index (χ3n) is 3.72. The molecule has 0 spiro atoms. The number of morpholine rings is 1. The fourth-order valence-corrected chi connectivity index (χ4v) is 2.65. The maximum Gasteiger partial charge on any atom is 0.338 e. The van der Waals surface area contributed by atoms with Crippen molar-refractivity contribution in [2.45, 2.75) is 26.1 Å². The monoisotopic (exact) mass is 337 g/mol. The van der Waals surface area contributed by atoms with Crippen molar-refractivity contribution in [2.24, 2.45) is 0 Å². The third-order valence-corrected chi connectivity index (χ3v) is 3.72. The molecular formula is C17H23NO6. The van der Waals surface area contributed by atoms with Crippen molar-refractivity contribution in [3.05, 3.63) is 23.8 Å². The molecule has 1 aliphatic heterocycles. The summed E-state index contributed by atoms with van der Waals surface area (Å²) in [5.74, 6) is 0.125. The van der Waals surface area contributed by atoms with E-state index < -0.39 is 5.97 Å². The third kappa shape index (κ3) is 4.38. The minimum absolute atomic E-state index is 0.0285. The van der Waals surface area contributed by atoms with Crippen molar-refractivity contribution >= 4 is 11.9 Å². The summed E-state index contributed by atoms with van der Waals surface area (Å²) in [5, 5.41) is 0. The minimum Gasteiger partial charge on any atom is -0.493 e.